The molecule has 0 amide bonds. The fraction of sp³-hybridized carbons (Fsp3) is 0.333. The molecule has 1 aromatic carbocycles. The fourth-order valence-corrected chi connectivity index (χ4v) is 1.69. The van der Waals surface area contributed by atoms with Crippen molar-refractivity contribution in [2.24, 2.45) is 5.73 Å². The smallest absolute Gasteiger partial charge is 0.137 e. The molecule has 0 saturated carbocycles. The molecule has 3 N–H and O–H groups in total. The first-order valence-corrected chi connectivity index (χ1v) is 5.48. The number of para-hydroxylation sites is 1. The van der Waals surface area contributed by atoms with Crippen molar-refractivity contribution in [3.63, 3.8) is 0 Å². The van der Waals surface area contributed by atoms with Gasteiger partial charge in [-0.1, -0.05) is 12.1 Å². The molecule has 4 heteroatoms. The number of fused-ring (bicyclic) bond motifs is 1. The van der Waals surface area contributed by atoms with Gasteiger partial charge in [0.15, 0.2) is 0 Å². The third-order valence-electron chi connectivity index (χ3n) is 2.49. The summed E-state index contributed by atoms with van der Waals surface area (Å²) in [4.78, 5) is 8.99. The van der Waals surface area contributed by atoms with Crippen LogP contribution in [-0.4, -0.2) is 23.6 Å². The second kappa shape index (κ2) is 4.90. The Hall–Kier alpha value is -1.68. The van der Waals surface area contributed by atoms with E-state index in [4.69, 9.17) is 5.73 Å². The van der Waals surface area contributed by atoms with Crippen LogP contribution in [0.3, 0.4) is 0 Å². The number of anilines is 1. The molecule has 0 aliphatic carbocycles. The number of nitrogens with one attached hydrogen (secondary N) is 1. The topological polar surface area (TPSA) is 63.8 Å². The summed E-state index contributed by atoms with van der Waals surface area (Å²) in [5.41, 5.74) is 6.47. The van der Waals surface area contributed by atoms with Crippen LogP contribution in [0.5, 0.6) is 0 Å². The number of benzene rings is 1. The Balaban J connectivity index is 2.46. The molecule has 1 aromatic heterocycles. The van der Waals surface area contributed by atoms with Crippen LogP contribution in [0.4, 0.5) is 5.82 Å². The Labute approximate surface area is 94.9 Å². The molecule has 0 aliphatic heterocycles. The molecule has 2 rings (SSSR count). The van der Waals surface area contributed by atoms with Gasteiger partial charge in [-0.3, -0.25) is 0 Å². The number of hydrogen-bond acceptors (Lipinski definition) is 4. The van der Waals surface area contributed by atoms with Crippen LogP contribution < -0.4 is 11.1 Å². The lowest BCUT2D eigenvalue weighted by molar-refractivity contribution is 0.787. The van der Waals surface area contributed by atoms with E-state index in [0.29, 0.717) is 6.54 Å². The van der Waals surface area contributed by atoms with Gasteiger partial charge in [-0.2, -0.15) is 0 Å². The summed E-state index contributed by atoms with van der Waals surface area (Å²) in [6, 6.07) is 8.01. The van der Waals surface area contributed by atoms with Crippen LogP contribution in [0.25, 0.3) is 10.9 Å². The predicted molar refractivity (Wildman–Crippen MR) is 66.5 cm³/mol. The summed E-state index contributed by atoms with van der Waals surface area (Å²) in [6.45, 7) is 0.672. The van der Waals surface area contributed by atoms with Gasteiger partial charge in [0.2, 0.25) is 0 Å². The van der Waals surface area contributed by atoms with Crippen LogP contribution >= 0.6 is 0 Å². The van der Waals surface area contributed by atoms with Crippen molar-refractivity contribution in [2.75, 3.05) is 18.9 Å². The van der Waals surface area contributed by atoms with Gasteiger partial charge in [0.05, 0.1) is 5.52 Å². The zero-order valence-electron chi connectivity index (χ0n) is 9.40. The maximum atomic E-state index is 5.49. The van der Waals surface area contributed by atoms with Gasteiger partial charge >= 0.3 is 0 Å². The van der Waals surface area contributed by atoms with Gasteiger partial charge in [0.1, 0.15) is 11.6 Å². The van der Waals surface area contributed by atoms with Crippen LogP contribution in [-0.2, 0) is 6.42 Å². The highest BCUT2D eigenvalue weighted by Gasteiger charge is 2.05. The minimum atomic E-state index is 0.672. The Bertz CT molecular complexity index is 481. The first-order valence-electron chi connectivity index (χ1n) is 5.48. The monoisotopic (exact) mass is 216 g/mol. The highest BCUT2D eigenvalue weighted by molar-refractivity contribution is 5.88. The first kappa shape index (κ1) is 10.8. The van der Waals surface area contributed by atoms with Crippen molar-refractivity contribution in [3.8, 4) is 0 Å². The Morgan fingerprint density at radius 3 is 2.81 bits per heavy atom. The number of hydrogen-bond donors (Lipinski definition) is 2. The number of aryl methyl sites for hydroxylation is 1. The summed E-state index contributed by atoms with van der Waals surface area (Å²) in [7, 11) is 1.88. The molecular formula is C12H16N4. The quantitative estimate of drug-likeness (QED) is 0.814. The second-order valence-corrected chi connectivity index (χ2v) is 3.65. The SMILES string of the molecule is CNc1nc(CCCN)nc2ccccc12. The van der Waals surface area contributed by atoms with Crippen molar-refractivity contribution < 1.29 is 0 Å². The van der Waals surface area contributed by atoms with Gasteiger partial charge in [-0.15, -0.1) is 0 Å². The zero-order valence-corrected chi connectivity index (χ0v) is 9.40. The largest absolute Gasteiger partial charge is 0.373 e. The van der Waals surface area contributed by atoms with Crippen LogP contribution in [0, 0.1) is 0 Å². The van der Waals surface area contributed by atoms with E-state index in [1.54, 1.807) is 0 Å². The molecule has 0 bridgehead atoms. The molecule has 0 unspecified atom stereocenters. The minimum Gasteiger partial charge on any atom is -0.373 e. The van der Waals surface area contributed by atoms with Crippen molar-refractivity contribution in [1.82, 2.24) is 9.97 Å². The Morgan fingerprint density at radius 2 is 2.06 bits per heavy atom. The van der Waals surface area contributed by atoms with Gasteiger partial charge in [0, 0.05) is 18.9 Å². The van der Waals surface area contributed by atoms with E-state index in [1.165, 1.54) is 0 Å². The molecule has 0 radical (unpaired) electrons. The lowest BCUT2D eigenvalue weighted by Gasteiger charge is -2.07. The minimum absolute atomic E-state index is 0.672. The number of nitrogens with zero attached hydrogens (tertiary/aromatic N) is 2. The van der Waals surface area contributed by atoms with Gasteiger partial charge in [0.25, 0.3) is 0 Å². The molecule has 0 fully saturated rings. The summed E-state index contributed by atoms with van der Waals surface area (Å²) >= 11 is 0. The number of rotatable bonds is 4. The molecule has 4 nitrogen and oxygen atoms in total. The first-order chi connectivity index (χ1) is 7.85. The molecule has 2 aromatic rings. The predicted octanol–water partition coefficient (Wildman–Crippen LogP) is 1.56. The van der Waals surface area contributed by atoms with E-state index in [1.807, 2.05) is 31.3 Å². The lowest BCUT2D eigenvalue weighted by atomic mass is 10.2. The van der Waals surface area contributed by atoms with E-state index in [-0.39, 0.29) is 0 Å². The molecule has 0 spiro atoms. The number of nitrogens with two attached hydrogens (primary N) is 1. The average Bonchev–Trinajstić information content (AvgIpc) is 2.35. The summed E-state index contributed by atoms with van der Waals surface area (Å²) in [5, 5.41) is 4.16. The van der Waals surface area contributed by atoms with Crippen LogP contribution in [0.1, 0.15) is 12.2 Å². The van der Waals surface area contributed by atoms with Crippen molar-refractivity contribution >= 4 is 16.7 Å². The number of aromatic nitrogens is 2. The van der Waals surface area contributed by atoms with Gasteiger partial charge in [-0.05, 0) is 25.1 Å². The second-order valence-electron chi connectivity index (χ2n) is 3.65. The fourth-order valence-electron chi connectivity index (χ4n) is 1.69. The van der Waals surface area contributed by atoms with E-state index < -0.39 is 0 Å². The maximum Gasteiger partial charge on any atom is 0.137 e. The third kappa shape index (κ3) is 2.12. The summed E-state index contributed by atoms with van der Waals surface area (Å²) < 4.78 is 0. The molecule has 0 saturated heterocycles. The normalized spacial score (nSPS) is 10.6. The molecule has 84 valence electrons. The lowest BCUT2D eigenvalue weighted by Crippen LogP contribution is -2.05. The van der Waals surface area contributed by atoms with Crippen molar-refractivity contribution in [3.05, 3.63) is 30.1 Å². The molecule has 0 aliphatic rings. The highest BCUT2D eigenvalue weighted by Crippen LogP contribution is 2.19. The Morgan fingerprint density at radius 1 is 1.25 bits per heavy atom. The molecule has 16 heavy (non-hydrogen) atoms. The summed E-state index contributed by atoms with van der Waals surface area (Å²) in [5.74, 6) is 1.74. The summed E-state index contributed by atoms with van der Waals surface area (Å²) in [6.07, 6.45) is 1.75. The standard InChI is InChI=1S/C12H16N4/c1-14-12-9-5-2-3-6-10(9)15-11(16-12)7-4-8-13/h2-3,5-6H,4,7-8,13H2,1H3,(H,14,15,16). The van der Waals surface area contributed by atoms with E-state index >= 15 is 0 Å². The van der Waals surface area contributed by atoms with Crippen LogP contribution in [0.2, 0.25) is 0 Å². The van der Waals surface area contributed by atoms with E-state index in [9.17, 15) is 0 Å². The maximum absolute atomic E-state index is 5.49. The third-order valence-corrected chi connectivity index (χ3v) is 2.49. The Kier molecular flexibility index (Phi) is 3.31. The van der Waals surface area contributed by atoms with Crippen molar-refractivity contribution in [2.45, 2.75) is 12.8 Å². The van der Waals surface area contributed by atoms with Gasteiger partial charge < -0.3 is 11.1 Å². The zero-order chi connectivity index (χ0) is 11.4. The van der Waals surface area contributed by atoms with E-state index in [0.717, 1.165) is 35.4 Å². The average molecular weight is 216 g/mol. The molecular weight excluding hydrogens is 200 g/mol. The van der Waals surface area contributed by atoms with Crippen LogP contribution in [0.15, 0.2) is 24.3 Å². The highest BCUT2D eigenvalue weighted by atomic mass is 15.0. The molecule has 1 heterocycles. The van der Waals surface area contributed by atoms with Crippen molar-refractivity contribution in [1.29, 1.82) is 0 Å². The van der Waals surface area contributed by atoms with E-state index in [2.05, 4.69) is 15.3 Å². The van der Waals surface area contributed by atoms with Gasteiger partial charge in [-0.25, -0.2) is 9.97 Å². The molecule has 0 atom stereocenters.